The minimum absolute atomic E-state index is 0.0464. The van der Waals surface area contributed by atoms with Crippen molar-refractivity contribution in [2.75, 3.05) is 6.79 Å². The first-order chi connectivity index (χ1) is 9.54. The molecule has 0 radical (unpaired) electrons. The minimum Gasteiger partial charge on any atom is -0.459 e. The molecule has 1 aliphatic heterocycles. The Balaban J connectivity index is 1.42. The van der Waals surface area contributed by atoms with E-state index in [2.05, 4.69) is 6.58 Å². The summed E-state index contributed by atoms with van der Waals surface area (Å²) in [6, 6.07) is 0. The maximum Gasteiger partial charge on any atom is 0.335 e. The lowest BCUT2D eigenvalue weighted by molar-refractivity contribution is -0.235. The highest BCUT2D eigenvalue weighted by atomic mass is 16.7. The van der Waals surface area contributed by atoms with E-state index in [0.717, 1.165) is 19.3 Å². The smallest absolute Gasteiger partial charge is 0.335 e. The molecular weight excluding hydrogens is 260 g/mol. The van der Waals surface area contributed by atoms with Crippen LogP contribution in [-0.2, 0) is 23.8 Å². The number of esters is 2. The second-order valence-electron chi connectivity index (χ2n) is 6.63. The van der Waals surface area contributed by atoms with E-state index < -0.39 is 5.97 Å². The molecule has 0 amide bonds. The summed E-state index contributed by atoms with van der Waals surface area (Å²) in [6.45, 7) is 5.02. The first kappa shape index (κ1) is 12.4. The molecule has 6 atom stereocenters. The van der Waals surface area contributed by atoms with Gasteiger partial charge in [-0.15, -0.1) is 0 Å². The van der Waals surface area contributed by atoms with E-state index in [1.54, 1.807) is 6.92 Å². The maximum absolute atomic E-state index is 11.9. The van der Waals surface area contributed by atoms with Crippen LogP contribution >= 0.6 is 0 Å². The van der Waals surface area contributed by atoms with Crippen LogP contribution in [0.4, 0.5) is 0 Å². The van der Waals surface area contributed by atoms with E-state index in [9.17, 15) is 9.59 Å². The second kappa shape index (κ2) is 3.85. The van der Waals surface area contributed by atoms with Gasteiger partial charge in [-0.25, -0.2) is 4.79 Å². The molecule has 5 heteroatoms. The molecule has 0 aromatic heterocycles. The highest BCUT2D eigenvalue weighted by Crippen LogP contribution is 2.74. The number of hydrogen-bond donors (Lipinski definition) is 0. The summed E-state index contributed by atoms with van der Waals surface area (Å²) >= 11 is 0. The molecule has 20 heavy (non-hydrogen) atoms. The lowest BCUT2D eigenvalue weighted by atomic mass is 9.53. The Kier molecular flexibility index (Phi) is 2.38. The van der Waals surface area contributed by atoms with Gasteiger partial charge in [0.2, 0.25) is 0 Å². The van der Waals surface area contributed by atoms with Crippen LogP contribution in [0, 0.1) is 23.2 Å². The van der Waals surface area contributed by atoms with Gasteiger partial charge in [0, 0.05) is 11.0 Å². The Morgan fingerprint density at radius 3 is 3.05 bits per heavy atom. The average Bonchev–Trinajstić information content (AvgIpc) is 3.02. The summed E-state index contributed by atoms with van der Waals surface area (Å²) in [5, 5.41) is 0. The van der Waals surface area contributed by atoms with Crippen LogP contribution in [-0.4, -0.2) is 30.9 Å². The molecule has 1 spiro atoms. The Morgan fingerprint density at radius 1 is 1.50 bits per heavy atom. The third-order valence-electron chi connectivity index (χ3n) is 5.69. The first-order valence-corrected chi connectivity index (χ1v) is 7.18. The van der Waals surface area contributed by atoms with Crippen molar-refractivity contribution in [3.8, 4) is 0 Å². The quantitative estimate of drug-likeness (QED) is 0.442. The molecule has 0 aromatic rings. The van der Waals surface area contributed by atoms with Gasteiger partial charge in [0.05, 0.1) is 5.92 Å². The standard InChI is InChI=1S/C15H18O5/c1-7(2)13(16)19-6-18-11-9-3-8-4-10-14(17)20-12(11)15(9,10)5-8/h8-12H,1,3-6H2,2H3. The summed E-state index contributed by atoms with van der Waals surface area (Å²) in [4.78, 5) is 23.2. The third-order valence-corrected chi connectivity index (χ3v) is 5.69. The normalized spacial score (nSPS) is 46.6. The van der Waals surface area contributed by atoms with Crippen molar-refractivity contribution in [1.82, 2.24) is 0 Å². The highest BCUT2D eigenvalue weighted by Gasteiger charge is 2.79. The lowest BCUT2D eigenvalue weighted by Gasteiger charge is -2.53. The van der Waals surface area contributed by atoms with Gasteiger partial charge in [-0.3, -0.25) is 4.79 Å². The highest BCUT2D eigenvalue weighted by molar-refractivity contribution is 5.86. The van der Waals surface area contributed by atoms with Crippen LogP contribution in [0.3, 0.4) is 0 Å². The number of carbonyl (C=O) groups excluding carboxylic acids is 2. The Bertz CT molecular complexity index is 512. The number of fused-ring (bicyclic) bond motifs is 1. The van der Waals surface area contributed by atoms with Crippen LogP contribution in [0.5, 0.6) is 0 Å². The van der Waals surface area contributed by atoms with Crippen LogP contribution in [0.2, 0.25) is 0 Å². The van der Waals surface area contributed by atoms with Crippen LogP contribution < -0.4 is 0 Å². The third kappa shape index (κ3) is 1.31. The zero-order chi connectivity index (χ0) is 14.1. The van der Waals surface area contributed by atoms with E-state index in [1.165, 1.54) is 0 Å². The fourth-order valence-corrected chi connectivity index (χ4v) is 5.00. The molecule has 3 saturated carbocycles. The molecule has 2 bridgehead atoms. The molecule has 0 N–H and O–H groups in total. The zero-order valence-electron chi connectivity index (χ0n) is 11.5. The molecule has 3 aliphatic carbocycles. The molecule has 4 fully saturated rings. The van der Waals surface area contributed by atoms with Crippen LogP contribution in [0.25, 0.3) is 0 Å². The fourth-order valence-electron chi connectivity index (χ4n) is 5.00. The summed E-state index contributed by atoms with van der Waals surface area (Å²) < 4.78 is 16.2. The van der Waals surface area contributed by atoms with Crippen molar-refractivity contribution in [2.24, 2.45) is 23.2 Å². The van der Waals surface area contributed by atoms with Gasteiger partial charge < -0.3 is 14.2 Å². The van der Waals surface area contributed by atoms with E-state index >= 15 is 0 Å². The number of carbonyl (C=O) groups is 2. The van der Waals surface area contributed by atoms with Crippen molar-refractivity contribution in [3.05, 3.63) is 12.2 Å². The van der Waals surface area contributed by atoms with Crippen molar-refractivity contribution >= 4 is 11.9 Å². The summed E-state index contributed by atoms with van der Waals surface area (Å²) in [5.74, 6) is 0.632. The average molecular weight is 278 g/mol. The molecule has 1 heterocycles. The van der Waals surface area contributed by atoms with Gasteiger partial charge in [-0.05, 0) is 38.0 Å². The van der Waals surface area contributed by atoms with Gasteiger partial charge in [0.1, 0.15) is 12.2 Å². The first-order valence-electron chi connectivity index (χ1n) is 7.18. The molecule has 6 unspecified atom stereocenters. The predicted octanol–water partition coefficient (Wildman–Crippen LogP) is 1.42. The van der Waals surface area contributed by atoms with Gasteiger partial charge >= 0.3 is 11.9 Å². The predicted molar refractivity (Wildman–Crippen MR) is 67.3 cm³/mol. The molecule has 4 rings (SSSR count). The largest absolute Gasteiger partial charge is 0.459 e. The second-order valence-corrected chi connectivity index (χ2v) is 6.63. The van der Waals surface area contributed by atoms with Crippen molar-refractivity contribution in [3.63, 3.8) is 0 Å². The molecular formula is C15H18O5. The molecule has 108 valence electrons. The maximum atomic E-state index is 11.9. The fraction of sp³-hybridized carbons (Fsp3) is 0.733. The molecule has 1 saturated heterocycles. The number of ether oxygens (including phenoxy) is 3. The Hall–Kier alpha value is -1.36. The monoisotopic (exact) mass is 278 g/mol. The van der Waals surface area contributed by atoms with E-state index in [-0.39, 0.29) is 36.3 Å². The Morgan fingerprint density at radius 2 is 2.30 bits per heavy atom. The van der Waals surface area contributed by atoms with E-state index in [4.69, 9.17) is 14.2 Å². The minimum atomic E-state index is -0.451. The van der Waals surface area contributed by atoms with Crippen molar-refractivity contribution < 1.29 is 23.8 Å². The number of rotatable bonds is 4. The molecule has 5 nitrogen and oxygen atoms in total. The van der Waals surface area contributed by atoms with Gasteiger partial charge in [0.25, 0.3) is 0 Å². The zero-order valence-corrected chi connectivity index (χ0v) is 11.5. The summed E-state index contributed by atoms with van der Waals surface area (Å²) in [5.41, 5.74) is 0.399. The lowest BCUT2D eigenvalue weighted by Crippen LogP contribution is -2.62. The molecule has 0 aromatic carbocycles. The van der Waals surface area contributed by atoms with Crippen LogP contribution in [0.15, 0.2) is 12.2 Å². The van der Waals surface area contributed by atoms with Crippen LogP contribution in [0.1, 0.15) is 26.2 Å². The van der Waals surface area contributed by atoms with E-state index in [0.29, 0.717) is 17.4 Å². The van der Waals surface area contributed by atoms with Crippen molar-refractivity contribution in [1.29, 1.82) is 0 Å². The SMILES string of the molecule is C=C(C)C(=O)OCOC1C2CC3CC4C(=O)OC1C42C3. The number of hydrogen-bond acceptors (Lipinski definition) is 5. The van der Waals surface area contributed by atoms with Crippen molar-refractivity contribution in [2.45, 2.75) is 38.4 Å². The summed E-state index contributed by atoms with van der Waals surface area (Å²) in [6.07, 6.45) is 2.98. The Labute approximate surface area is 117 Å². The van der Waals surface area contributed by atoms with Gasteiger partial charge in [-0.2, -0.15) is 0 Å². The molecule has 4 aliphatic rings. The van der Waals surface area contributed by atoms with Gasteiger partial charge in [-0.1, -0.05) is 6.58 Å². The summed E-state index contributed by atoms with van der Waals surface area (Å²) in [7, 11) is 0. The topological polar surface area (TPSA) is 61.8 Å². The van der Waals surface area contributed by atoms with Gasteiger partial charge in [0.15, 0.2) is 6.79 Å². The van der Waals surface area contributed by atoms with E-state index in [1.807, 2.05) is 0 Å².